The molecule has 0 unspecified atom stereocenters. The summed E-state index contributed by atoms with van der Waals surface area (Å²) in [5.41, 5.74) is 3.30. The number of carboxylic acid groups (broad SMARTS) is 1. The van der Waals surface area contributed by atoms with Gasteiger partial charge >= 0.3 is 5.97 Å². The number of halogens is 1. The number of nitrogens with one attached hydrogen (secondary N) is 1. The van der Waals surface area contributed by atoms with Gasteiger partial charge in [0.15, 0.2) is 0 Å². The molecule has 0 spiro atoms. The molecule has 0 bridgehead atoms. The number of aryl methyl sites for hydroxylation is 2. The number of hydrogen-bond donors (Lipinski definition) is 2. The number of hydrogen-bond acceptors (Lipinski definition) is 3. The van der Waals surface area contributed by atoms with Crippen LogP contribution in [0, 0.1) is 0 Å². The van der Waals surface area contributed by atoms with Crippen molar-refractivity contribution in [2.24, 2.45) is 7.05 Å². The van der Waals surface area contributed by atoms with Gasteiger partial charge in [0.05, 0.1) is 16.9 Å². The van der Waals surface area contributed by atoms with Crippen molar-refractivity contribution in [3.05, 3.63) is 45.7 Å². The van der Waals surface area contributed by atoms with Gasteiger partial charge in [0.2, 0.25) is 0 Å². The van der Waals surface area contributed by atoms with E-state index in [0.717, 1.165) is 27.8 Å². The minimum Gasteiger partial charge on any atom is -0.478 e. The highest BCUT2D eigenvalue weighted by Gasteiger charge is 2.09. The molecule has 20 heavy (non-hydrogen) atoms. The molecule has 2 rings (SSSR count). The van der Waals surface area contributed by atoms with Gasteiger partial charge in [0.25, 0.3) is 0 Å². The van der Waals surface area contributed by atoms with E-state index in [1.54, 1.807) is 16.8 Å². The minimum atomic E-state index is -0.925. The fourth-order valence-electron chi connectivity index (χ4n) is 1.96. The van der Waals surface area contributed by atoms with Crippen LogP contribution >= 0.6 is 15.9 Å². The van der Waals surface area contributed by atoms with Crippen molar-refractivity contribution < 1.29 is 9.90 Å². The molecule has 5 nitrogen and oxygen atoms in total. The monoisotopic (exact) mass is 337 g/mol. The fraction of sp³-hybridized carbons (Fsp3) is 0.286. The van der Waals surface area contributed by atoms with Crippen molar-refractivity contribution in [3.63, 3.8) is 0 Å². The first-order valence-electron chi connectivity index (χ1n) is 6.29. The van der Waals surface area contributed by atoms with Gasteiger partial charge in [0, 0.05) is 24.3 Å². The van der Waals surface area contributed by atoms with Crippen LogP contribution in [0.1, 0.15) is 28.5 Å². The average molecular weight is 338 g/mol. The van der Waals surface area contributed by atoms with Crippen LogP contribution in [-0.4, -0.2) is 20.9 Å². The van der Waals surface area contributed by atoms with Crippen LogP contribution < -0.4 is 5.32 Å². The molecule has 0 aliphatic carbocycles. The number of aromatic carboxylic acids is 1. The Morgan fingerprint density at radius 3 is 2.85 bits per heavy atom. The maximum atomic E-state index is 10.9. The Labute approximate surface area is 125 Å². The van der Waals surface area contributed by atoms with Crippen molar-refractivity contribution in [2.45, 2.75) is 19.9 Å². The number of benzene rings is 1. The number of nitrogens with zero attached hydrogens (tertiary/aromatic N) is 2. The van der Waals surface area contributed by atoms with Gasteiger partial charge < -0.3 is 10.4 Å². The summed E-state index contributed by atoms with van der Waals surface area (Å²) in [7, 11) is 1.89. The summed E-state index contributed by atoms with van der Waals surface area (Å²) >= 11 is 3.41. The first-order chi connectivity index (χ1) is 9.51. The summed E-state index contributed by atoms with van der Waals surface area (Å²) in [4.78, 5) is 10.9. The summed E-state index contributed by atoms with van der Waals surface area (Å²) in [6.07, 6.45) is 2.81. The van der Waals surface area contributed by atoms with E-state index in [4.69, 9.17) is 5.11 Å². The molecular weight excluding hydrogens is 322 g/mol. The van der Waals surface area contributed by atoms with E-state index in [0.29, 0.717) is 6.54 Å². The Bertz CT molecular complexity index is 637. The first kappa shape index (κ1) is 14.6. The van der Waals surface area contributed by atoms with E-state index in [9.17, 15) is 4.79 Å². The molecule has 0 radical (unpaired) electrons. The van der Waals surface area contributed by atoms with Crippen LogP contribution in [-0.2, 0) is 20.0 Å². The van der Waals surface area contributed by atoms with E-state index in [1.807, 2.05) is 19.3 Å². The van der Waals surface area contributed by atoms with Crippen LogP contribution in [0.2, 0.25) is 0 Å². The van der Waals surface area contributed by atoms with Gasteiger partial charge in [-0.15, -0.1) is 0 Å². The minimum absolute atomic E-state index is 0.274. The number of anilines is 1. The van der Waals surface area contributed by atoms with Crippen molar-refractivity contribution in [1.82, 2.24) is 9.78 Å². The molecule has 1 aromatic heterocycles. The standard InChI is InChI=1S/C14H16BrN3O2/c1-3-12-13(8-18(2)17-12)16-7-10-5-4-9(14(19)20)6-11(10)15/h4-6,8,16H,3,7H2,1-2H3,(H,19,20). The third kappa shape index (κ3) is 3.19. The number of aromatic nitrogens is 2. The maximum Gasteiger partial charge on any atom is 0.335 e. The highest BCUT2D eigenvalue weighted by molar-refractivity contribution is 9.10. The molecule has 0 fully saturated rings. The third-order valence-electron chi connectivity index (χ3n) is 3.01. The molecule has 2 aromatic rings. The first-order valence-corrected chi connectivity index (χ1v) is 7.08. The highest BCUT2D eigenvalue weighted by Crippen LogP contribution is 2.21. The molecule has 6 heteroatoms. The van der Waals surface area contributed by atoms with Crippen LogP contribution in [0.4, 0.5) is 5.69 Å². The number of rotatable bonds is 5. The lowest BCUT2D eigenvalue weighted by molar-refractivity contribution is 0.0697. The Hall–Kier alpha value is -1.82. The van der Waals surface area contributed by atoms with Crippen LogP contribution in [0.3, 0.4) is 0 Å². The molecule has 0 saturated heterocycles. The predicted molar refractivity (Wildman–Crippen MR) is 81.0 cm³/mol. The summed E-state index contributed by atoms with van der Waals surface area (Å²) < 4.78 is 2.57. The zero-order valence-corrected chi connectivity index (χ0v) is 12.9. The van der Waals surface area contributed by atoms with E-state index >= 15 is 0 Å². The van der Waals surface area contributed by atoms with Crippen LogP contribution in [0.15, 0.2) is 28.9 Å². The van der Waals surface area contributed by atoms with Crippen LogP contribution in [0.5, 0.6) is 0 Å². The van der Waals surface area contributed by atoms with E-state index < -0.39 is 5.97 Å². The second-order valence-corrected chi connectivity index (χ2v) is 5.34. The summed E-state index contributed by atoms with van der Waals surface area (Å²) in [6, 6.07) is 5.03. The molecule has 2 N–H and O–H groups in total. The van der Waals surface area contributed by atoms with Crippen molar-refractivity contribution in [3.8, 4) is 0 Å². The molecule has 1 heterocycles. The topological polar surface area (TPSA) is 67.2 Å². The van der Waals surface area contributed by atoms with E-state index in [2.05, 4.69) is 33.3 Å². The summed E-state index contributed by atoms with van der Waals surface area (Å²) in [5.74, 6) is -0.925. The quantitative estimate of drug-likeness (QED) is 0.879. The van der Waals surface area contributed by atoms with Gasteiger partial charge in [-0.05, 0) is 24.1 Å². The van der Waals surface area contributed by atoms with Gasteiger partial charge in [0.1, 0.15) is 0 Å². The normalized spacial score (nSPS) is 10.6. The van der Waals surface area contributed by atoms with Crippen molar-refractivity contribution >= 4 is 27.6 Å². The maximum absolute atomic E-state index is 10.9. The van der Waals surface area contributed by atoms with Gasteiger partial charge in [-0.1, -0.05) is 28.9 Å². The van der Waals surface area contributed by atoms with Crippen LogP contribution in [0.25, 0.3) is 0 Å². The summed E-state index contributed by atoms with van der Waals surface area (Å²) in [5, 5.41) is 16.6. The Morgan fingerprint density at radius 2 is 2.25 bits per heavy atom. The molecule has 106 valence electrons. The lowest BCUT2D eigenvalue weighted by atomic mass is 10.1. The Balaban J connectivity index is 2.12. The molecule has 0 atom stereocenters. The molecule has 0 saturated carbocycles. The lowest BCUT2D eigenvalue weighted by Gasteiger charge is -2.08. The van der Waals surface area contributed by atoms with Crippen molar-refractivity contribution in [2.75, 3.05) is 5.32 Å². The van der Waals surface area contributed by atoms with E-state index in [1.165, 1.54) is 0 Å². The lowest BCUT2D eigenvalue weighted by Crippen LogP contribution is -2.03. The zero-order chi connectivity index (χ0) is 14.7. The van der Waals surface area contributed by atoms with Gasteiger partial charge in [-0.3, -0.25) is 4.68 Å². The Kier molecular flexibility index (Phi) is 4.44. The molecule has 0 aliphatic rings. The third-order valence-corrected chi connectivity index (χ3v) is 3.75. The second kappa shape index (κ2) is 6.09. The smallest absolute Gasteiger partial charge is 0.335 e. The predicted octanol–water partition coefficient (Wildman–Crippen LogP) is 3.06. The number of carbonyl (C=O) groups is 1. The second-order valence-electron chi connectivity index (χ2n) is 4.48. The van der Waals surface area contributed by atoms with E-state index in [-0.39, 0.29) is 5.56 Å². The van der Waals surface area contributed by atoms with Gasteiger partial charge in [-0.2, -0.15) is 5.10 Å². The summed E-state index contributed by atoms with van der Waals surface area (Å²) in [6.45, 7) is 2.67. The highest BCUT2D eigenvalue weighted by atomic mass is 79.9. The SMILES string of the molecule is CCc1nn(C)cc1NCc1ccc(C(=O)O)cc1Br. The fourth-order valence-corrected chi connectivity index (χ4v) is 2.48. The molecule has 0 aliphatic heterocycles. The largest absolute Gasteiger partial charge is 0.478 e. The molecular formula is C14H16BrN3O2. The van der Waals surface area contributed by atoms with Crippen molar-refractivity contribution in [1.29, 1.82) is 0 Å². The Morgan fingerprint density at radius 1 is 1.50 bits per heavy atom. The molecule has 0 amide bonds. The van der Waals surface area contributed by atoms with Gasteiger partial charge in [-0.25, -0.2) is 4.79 Å². The number of carboxylic acids is 1. The zero-order valence-electron chi connectivity index (χ0n) is 11.4. The average Bonchev–Trinajstić information content (AvgIpc) is 2.77. The molecule has 1 aromatic carbocycles.